The molecule has 0 fully saturated rings. The normalized spacial score (nSPS) is 11.5. The average molecular weight is 260 g/mol. The number of nitrogens with zero attached hydrogens (tertiary/aromatic N) is 2. The van der Waals surface area contributed by atoms with Gasteiger partial charge in [0.15, 0.2) is 0 Å². The van der Waals surface area contributed by atoms with Crippen molar-refractivity contribution >= 4 is 5.57 Å². The van der Waals surface area contributed by atoms with Gasteiger partial charge < -0.3 is 14.0 Å². The monoisotopic (exact) mass is 260 g/mol. The Morgan fingerprint density at radius 2 is 2.05 bits per heavy atom. The molecule has 0 amide bonds. The number of methoxy groups -OCH3 is 2. The Balaban J connectivity index is 2.44. The second kappa shape index (κ2) is 5.56. The van der Waals surface area contributed by atoms with Crippen LogP contribution in [-0.2, 0) is 0 Å². The standard InChI is InChI=1S/C14H16N2O3/c1-5-9(2)14-15-13(16-19-14)11-7-6-10(17-3)8-12(11)18-4/h5-8H,1-4H3/b9-5+. The third kappa shape index (κ3) is 2.59. The van der Waals surface area contributed by atoms with Crippen LogP contribution in [0, 0.1) is 0 Å². The van der Waals surface area contributed by atoms with Gasteiger partial charge >= 0.3 is 0 Å². The fourth-order valence-corrected chi connectivity index (χ4v) is 1.60. The third-order valence-electron chi connectivity index (χ3n) is 2.85. The molecular formula is C14H16N2O3. The SMILES string of the molecule is C/C=C(\C)c1nc(-c2ccc(OC)cc2OC)no1. The Kier molecular flexibility index (Phi) is 3.85. The molecule has 5 nitrogen and oxygen atoms in total. The Hall–Kier alpha value is -2.30. The number of aromatic nitrogens is 2. The molecule has 0 radical (unpaired) electrons. The van der Waals surface area contributed by atoms with Gasteiger partial charge in [0, 0.05) is 11.6 Å². The molecule has 5 heteroatoms. The van der Waals surface area contributed by atoms with Gasteiger partial charge in [0.25, 0.3) is 5.89 Å². The molecule has 1 aromatic heterocycles. The van der Waals surface area contributed by atoms with Crippen molar-refractivity contribution in [2.75, 3.05) is 14.2 Å². The minimum atomic E-state index is 0.496. The molecule has 0 spiro atoms. The summed E-state index contributed by atoms with van der Waals surface area (Å²) < 4.78 is 15.7. The third-order valence-corrected chi connectivity index (χ3v) is 2.85. The van der Waals surface area contributed by atoms with Crippen LogP contribution in [0.25, 0.3) is 17.0 Å². The molecule has 1 heterocycles. The van der Waals surface area contributed by atoms with E-state index in [1.807, 2.05) is 32.1 Å². The first-order valence-corrected chi connectivity index (χ1v) is 5.89. The van der Waals surface area contributed by atoms with Crippen LogP contribution in [0.2, 0.25) is 0 Å². The second-order valence-electron chi connectivity index (χ2n) is 3.96. The maximum atomic E-state index is 5.32. The molecule has 2 rings (SSSR count). The zero-order chi connectivity index (χ0) is 13.8. The molecule has 0 atom stereocenters. The van der Waals surface area contributed by atoms with E-state index < -0.39 is 0 Å². The molecule has 0 unspecified atom stereocenters. The molecule has 0 aliphatic heterocycles. The van der Waals surface area contributed by atoms with Gasteiger partial charge in [-0.15, -0.1) is 0 Å². The largest absolute Gasteiger partial charge is 0.497 e. The van der Waals surface area contributed by atoms with Crippen LogP contribution in [0.1, 0.15) is 19.7 Å². The first-order chi connectivity index (χ1) is 9.19. The van der Waals surface area contributed by atoms with Gasteiger partial charge in [0.1, 0.15) is 11.5 Å². The maximum absolute atomic E-state index is 5.32. The first kappa shape index (κ1) is 13.1. The fraction of sp³-hybridized carbons (Fsp3) is 0.286. The number of ether oxygens (including phenoxy) is 2. The second-order valence-corrected chi connectivity index (χ2v) is 3.96. The highest BCUT2D eigenvalue weighted by Gasteiger charge is 2.14. The Labute approximate surface area is 111 Å². The van der Waals surface area contributed by atoms with Crippen molar-refractivity contribution in [2.45, 2.75) is 13.8 Å². The highest BCUT2D eigenvalue weighted by atomic mass is 16.5. The average Bonchev–Trinajstić information content (AvgIpc) is 2.95. The summed E-state index contributed by atoms with van der Waals surface area (Å²) in [6.07, 6.45) is 1.92. The van der Waals surface area contributed by atoms with Crippen molar-refractivity contribution in [3.05, 3.63) is 30.2 Å². The lowest BCUT2D eigenvalue weighted by Gasteiger charge is -2.07. The molecular weight excluding hydrogens is 244 g/mol. The number of hydrogen-bond acceptors (Lipinski definition) is 5. The lowest BCUT2D eigenvalue weighted by atomic mass is 10.2. The number of rotatable bonds is 4. The van der Waals surface area contributed by atoms with E-state index in [1.54, 1.807) is 20.3 Å². The molecule has 0 N–H and O–H groups in total. The highest BCUT2D eigenvalue weighted by Crippen LogP contribution is 2.32. The molecule has 19 heavy (non-hydrogen) atoms. The van der Waals surface area contributed by atoms with E-state index in [4.69, 9.17) is 14.0 Å². The van der Waals surface area contributed by atoms with Crippen LogP contribution in [0.5, 0.6) is 11.5 Å². The summed E-state index contributed by atoms with van der Waals surface area (Å²) in [6.45, 7) is 3.84. The van der Waals surface area contributed by atoms with E-state index >= 15 is 0 Å². The van der Waals surface area contributed by atoms with Gasteiger partial charge in [-0.2, -0.15) is 4.98 Å². The lowest BCUT2D eigenvalue weighted by Crippen LogP contribution is -1.91. The smallest absolute Gasteiger partial charge is 0.253 e. The molecule has 1 aromatic carbocycles. The maximum Gasteiger partial charge on any atom is 0.253 e. The molecule has 0 aliphatic carbocycles. The Bertz CT molecular complexity index is 602. The van der Waals surface area contributed by atoms with Gasteiger partial charge in [0.2, 0.25) is 5.82 Å². The van der Waals surface area contributed by atoms with E-state index in [0.29, 0.717) is 23.2 Å². The van der Waals surface area contributed by atoms with Gasteiger partial charge in [-0.25, -0.2) is 0 Å². The van der Waals surface area contributed by atoms with Crippen molar-refractivity contribution in [3.63, 3.8) is 0 Å². The minimum Gasteiger partial charge on any atom is -0.497 e. The van der Waals surface area contributed by atoms with Gasteiger partial charge in [0.05, 0.1) is 19.8 Å². The van der Waals surface area contributed by atoms with Crippen LogP contribution in [-0.4, -0.2) is 24.4 Å². The summed E-state index contributed by atoms with van der Waals surface area (Å²) in [5, 5.41) is 3.97. The van der Waals surface area contributed by atoms with E-state index in [9.17, 15) is 0 Å². The van der Waals surface area contributed by atoms with Gasteiger partial charge in [-0.3, -0.25) is 0 Å². The fourth-order valence-electron chi connectivity index (χ4n) is 1.60. The van der Waals surface area contributed by atoms with Crippen LogP contribution < -0.4 is 9.47 Å². The summed E-state index contributed by atoms with van der Waals surface area (Å²) in [5.74, 6) is 2.37. The van der Waals surface area contributed by atoms with Crippen LogP contribution in [0.3, 0.4) is 0 Å². The Morgan fingerprint density at radius 1 is 1.26 bits per heavy atom. The molecule has 0 bridgehead atoms. The van der Waals surface area contributed by atoms with Crippen molar-refractivity contribution in [1.82, 2.24) is 10.1 Å². The van der Waals surface area contributed by atoms with Gasteiger partial charge in [-0.05, 0) is 26.0 Å². The molecule has 2 aromatic rings. The van der Waals surface area contributed by atoms with Crippen LogP contribution >= 0.6 is 0 Å². The van der Waals surface area contributed by atoms with E-state index in [1.165, 1.54) is 0 Å². The summed E-state index contributed by atoms with van der Waals surface area (Å²) in [5.41, 5.74) is 1.70. The Morgan fingerprint density at radius 3 is 2.68 bits per heavy atom. The quantitative estimate of drug-likeness (QED) is 0.845. The zero-order valence-electron chi connectivity index (χ0n) is 11.4. The molecule has 100 valence electrons. The first-order valence-electron chi connectivity index (χ1n) is 5.89. The summed E-state index contributed by atoms with van der Waals surface area (Å²) >= 11 is 0. The van der Waals surface area contributed by atoms with E-state index in [2.05, 4.69) is 10.1 Å². The lowest BCUT2D eigenvalue weighted by molar-refractivity contribution is 0.393. The topological polar surface area (TPSA) is 57.4 Å². The van der Waals surface area contributed by atoms with Crippen molar-refractivity contribution in [1.29, 1.82) is 0 Å². The predicted octanol–water partition coefficient (Wildman–Crippen LogP) is 3.18. The summed E-state index contributed by atoms with van der Waals surface area (Å²) in [4.78, 5) is 4.35. The number of hydrogen-bond donors (Lipinski definition) is 0. The number of benzene rings is 1. The van der Waals surface area contributed by atoms with E-state index in [0.717, 1.165) is 11.1 Å². The summed E-state index contributed by atoms with van der Waals surface area (Å²) in [6, 6.07) is 5.46. The molecule has 0 saturated heterocycles. The van der Waals surface area contributed by atoms with Crippen molar-refractivity contribution in [2.24, 2.45) is 0 Å². The number of allylic oxidation sites excluding steroid dienone is 2. The molecule has 0 saturated carbocycles. The van der Waals surface area contributed by atoms with Gasteiger partial charge in [-0.1, -0.05) is 11.2 Å². The van der Waals surface area contributed by atoms with E-state index in [-0.39, 0.29) is 0 Å². The zero-order valence-corrected chi connectivity index (χ0v) is 11.4. The summed E-state index contributed by atoms with van der Waals surface area (Å²) in [7, 11) is 3.20. The minimum absolute atomic E-state index is 0.496. The van der Waals surface area contributed by atoms with Crippen LogP contribution in [0.4, 0.5) is 0 Å². The predicted molar refractivity (Wildman–Crippen MR) is 72.2 cm³/mol. The highest BCUT2D eigenvalue weighted by molar-refractivity contribution is 5.67. The van der Waals surface area contributed by atoms with Crippen LogP contribution in [0.15, 0.2) is 28.8 Å². The van der Waals surface area contributed by atoms with Crippen molar-refractivity contribution < 1.29 is 14.0 Å². The van der Waals surface area contributed by atoms with Crippen molar-refractivity contribution in [3.8, 4) is 22.9 Å². The molecule has 0 aliphatic rings.